The van der Waals surface area contributed by atoms with Gasteiger partial charge in [0.05, 0.1) is 17.9 Å². The predicted molar refractivity (Wildman–Crippen MR) is 98.3 cm³/mol. The molecular weight excluding hydrogens is 318 g/mol. The van der Waals surface area contributed by atoms with E-state index in [1.165, 1.54) is 32.1 Å². The van der Waals surface area contributed by atoms with Crippen LogP contribution in [0.1, 0.15) is 46.0 Å². The smallest absolute Gasteiger partial charge is 0.227 e. The molecule has 2 aliphatic rings. The van der Waals surface area contributed by atoms with Gasteiger partial charge in [-0.1, -0.05) is 26.2 Å². The van der Waals surface area contributed by atoms with Crippen molar-refractivity contribution in [2.45, 2.75) is 64.1 Å². The Hall–Kier alpha value is -0.980. The Morgan fingerprint density at radius 1 is 1.12 bits per heavy atom. The fraction of sp³-hybridized carbons (Fsp3) is 0.895. The number of carbonyl (C=O) groups is 2. The minimum Gasteiger partial charge on any atom is -0.393 e. The van der Waals surface area contributed by atoms with Crippen molar-refractivity contribution < 1.29 is 14.7 Å². The third-order valence-electron chi connectivity index (χ3n) is 6.11. The number of piperazine rings is 1. The monoisotopic (exact) mass is 353 g/mol. The zero-order valence-electron chi connectivity index (χ0n) is 16.0. The molecule has 0 radical (unpaired) electrons. The van der Waals surface area contributed by atoms with Crippen LogP contribution in [0.3, 0.4) is 0 Å². The van der Waals surface area contributed by atoms with Crippen LogP contribution in [0.15, 0.2) is 0 Å². The first-order valence-corrected chi connectivity index (χ1v) is 9.83. The molecular formula is C19H35N3O3. The Kier molecular flexibility index (Phi) is 7.84. The lowest BCUT2D eigenvalue weighted by molar-refractivity contribution is -0.139. The average molecular weight is 354 g/mol. The SMILES string of the molecule is CN[C@@H]([C@H](C=O)[C@@H](C)O)[C@@H](C)C(=O)N1CCN(C2CCCCC2)CC1. The molecule has 6 nitrogen and oxygen atoms in total. The minimum absolute atomic E-state index is 0.0788. The fourth-order valence-corrected chi connectivity index (χ4v) is 4.47. The summed E-state index contributed by atoms with van der Waals surface area (Å²) in [6.45, 7) is 6.87. The van der Waals surface area contributed by atoms with Gasteiger partial charge in [0.1, 0.15) is 6.29 Å². The fourth-order valence-electron chi connectivity index (χ4n) is 4.47. The molecule has 4 atom stereocenters. The molecule has 0 aromatic rings. The number of hydrogen-bond donors (Lipinski definition) is 2. The number of amides is 1. The molecule has 0 spiro atoms. The van der Waals surface area contributed by atoms with E-state index < -0.39 is 12.0 Å². The van der Waals surface area contributed by atoms with Crippen molar-refractivity contribution in [2.75, 3.05) is 33.2 Å². The van der Waals surface area contributed by atoms with Crippen molar-refractivity contribution in [1.82, 2.24) is 15.1 Å². The maximum atomic E-state index is 12.9. The number of rotatable bonds is 7. The van der Waals surface area contributed by atoms with E-state index in [9.17, 15) is 14.7 Å². The van der Waals surface area contributed by atoms with Crippen molar-refractivity contribution in [3.8, 4) is 0 Å². The highest BCUT2D eigenvalue weighted by atomic mass is 16.3. The number of nitrogens with zero attached hydrogens (tertiary/aromatic N) is 2. The van der Waals surface area contributed by atoms with Gasteiger partial charge in [-0.2, -0.15) is 0 Å². The average Bonchev–Trinajstić information content (AvgIpc) is 2.65. The van der Waals surface area contributed by atoms with Gasteiger partial charge in [-0.25, -0.2) is 0 Å². The van der Waals surface area contributed by atoms with Crippen LogP contribution in [0.2, 0.25) is 0 Å². The van der Waals surface area contributed by atoms with Gasteiger partial charge >= 0.3 is 0 Å². The normalized spacial score (nSPS) is 25.2. The highest BCUT2D eigenvalue weighted by molar-refractivity contribution is 5.80. The van der Waals surface area contributed by atoms with E-state index >= 15 is 0 Å². The maximum absolute atomic E-state index is 12.9. The molecule has 1 saturated carbocycles. The summed E-state index contributed by atoms with van der Waals surface area (Å²) in [6, 6.07) is 0.351. The van der Waals surface area contributed by atoms with Crippen molar-refractivity contribution in [3.63, 3.8) is 0 Å². The molecule has 2 rings (SSSR count). The molecule has 1 aliphatic carbocycles. The quantitative estimate of drug-likeness (QED) is 0.665. The van der Waals surface area contributed by atoms with E-state index in [2.05, 4.69) is 10.2 Å². The number of nitrogens with one attached hydrogen (secondary N) is 1. The molecule has 2 fully saturated rings. The standard InChI is InChI=1S/C19H35N3O3/c1-14(18(20-3)17(13-23)15(2)24)19(25)22-11-9-21(10-12-22)16-7-5-4-6-8-16/h13-18,20,24H,4-12H2,1-3H3/t14-,15-,17-,18-/m1/s1. The molecule has 0 aromatic carbocycles. The number of aliphatic hydroxyl groups excluding tert-OH is 1. The molecule has 1 aliphatic heterocycles. The zero-order chi connectivity index (χ0) is 18.4. The molecule has 0 bridgehead atoms. The van der Waals surface area contributed by atoms with E-state index in [0.717, 1.165) is 32.5 Å². The second kappa shape index (κ2) is 9.64. The Labute approximate surface area is 151 Å². The molecule has 25 heavy (non-hydrogen) atoms. The summed E-state index contributed by atoms with van der Waals surface area (Å²) in [5.41, 5.74) is 0. The van der Waals surface area contributed by atoms with Gasteiger partial charge in [0.15, 0.2) is 0 Å². The highest BCUT2D eigenvalue weighted by Gasteiger charge is 2.36. The topological polar surface area (TPSA) is 72.9 Å². The van der Waals surface area contributed by atoms with Crippen LogP contribution < -0.4 is 5.32 Å². The summed E-state index contributed by atoms with van der Waals surface area (Å²) in [6.07, 6.45) is 6.60. The lowest BCUT2D eigenvalue weighted by Gasteiger charge is -2.42. The maximum Gasteiger partial charge on any atom is 0.227 e. The van der Waals surface area contributed by atoms with Crippen molar-refractivity contribution in [1.29, 1.82) is 0 Å². The largest absolute Gasteiger partial charge is 0.393 e. The van der Waals surface area contributed by atoms with Gasteiger partial charge in [-0.15, -0.1) is 0 Å². The Bertz CT molecular complexity index is 430. The van der Waals surface area contributed by atoms with E-state index in [0.29, 0.717) is 6.04 Å². The second-order valence-corrected chi connectivity index (χ2v) is 7.71. The highest BCUT2D eigenvalue weighted by Crippen LogP contribution is 2.24. The van der Waals surface area contributed by atoms with E-state index in [1.54, 1.807) is 14.0 Å². The number of hydrogen-bond acceptors (Lipinski definition) is 5. The summed E-state index contributed by atoms with van der Waals surface area (Å²) >= 11 is 0. The zero-order valence-corrected chi connectivity index (χ0v) is 16.0. The lowest BCUT2D eigenvalue weighted by Crippen LogP contribution is -2.56. The molecule has 6 heteroatoms. The summed E-state index contributed by atoms with van der Waals surface area (Å²) in [7, 11) is 1.74. The molecule has 1 amide bonds. The van der Waals surface area contributed by atoms with Gasteiger partial charge in [0.25, 0.3) is 0 Å². The number of aliphatic hydroxyl groups is 1. The van der Waals surface area contributed by atoms with Crippen LogP contribution in [0.4, 0.5) is 0 Å². The Morgan fingerprint density at radius 3 is 2.20 bits per heavy atom. The number of carbonyl (C=O) groups excluding carboxylic acids is 2. The molecule has 1 heterocycles. The van der Waals surface area contributed by atoms with E-state index in [1.807, 2.05) is 11.8 Å². The first-order valence-electron chi connectivity index (χ1n) is 9.83. The van der Waals surface area contributed by atoms with Crippen molar-refractivity contribution in [2.24, 2.45) is 11.8 Å². The van der Waals surface area contributed by atoms with Gasteiger partial charge < -0.3 is 20.1 Å². The van der Waals surface area contributed by atoms with Gasteiger partial charge in [0.2, 0.25) is 5.91 Å². The lowest BCUT2D eigenvalue weighted by atomic mass is 9.86. The van der Waals surface area contributed by atoms with Crippen LogP contribution >= 0.6 is 0 Å². The third kappa shape index (κ3) is 5.02. The summed E-state index contributed by atoms with van der Waals surface area (Å²) in [5.74, 6) is -0.835. The van der Waals surface area contributed by atoms with Gasteiger partial charge in [-0.3, -0.25) is 9.69 Å². The summed E-state index contributed by atoms with van der Waals surface area (Å²) in [4.78, 5) is 28.7. The van der Waals surface area contributed by atoms with Crippen molar-refractivity contribution >= 4 is 12.2 Å². The Morgan fingerprint density at radius 2 is 1.72 bits per heavy atom. The van der Waals surface area contributed by atoms with E-state index in [4.69, 9.17) is 0 Å². The summed E-state index contributed by atoms with van der Waals surface area (Å²) < 4.78 is 0. The van der Waals surface area contributed by atoms with Crippen LogP contribution in [-0.4, -0.2) is 78.5 Å². The minimum atomic E-state index is -0.770. The van der Waals surface area contributed by atoms with Gasteiger partial charge in [-0.05, 0) is 26.8 Å². The van der Waals surface area contributed by atoms with E-state index in [-0.39, 0.29) is 17.9 Å². The molecule has 0 aromatic heterocycles. The Balaban J connectivity index is 1.90. The van der Waals surface area contributed by atoms with Crippen molar-refractivity contribution in [3.05, 3.63) is 0 Å². The molecule has 1 saturated heterocycles. The first kappa shape index (κ1) is 20.3. The number of aldehydes is 1. The third-order valence-corrected chi connectivity index (χ3v) is 6.11. The van der Waals surface area contributed by atoms with Crippen LogP contribution in [-0.2, 0) is 9.59 Å². The molecule has 2 N–H and O–H groups in total. The van der Waals surface area contributed by atoms with Crippen LogP contribution in [0.25, 0.3) is 0 Å². The van der Waals surface area contributed by atoms with Gasteiger partial charge in [0, 0.05) is 38.3 Å². The molecule has 144 valence electrons. The van der Waals surface area contributed by atoms with Crippen LogP contribution in [0.5, 0.6) is 0 Å². The summed E-state index contributed by atoms with van der Waals surface area (Å²) in [5, 5.41) is 12.9. The molecule has 0 unspecified atom stereocenters. The second-order valence-electron chi connectivity index (χ2n) is 7.71. The van der Waals surface area contributed by atoms with Crippen LogP contribution in [0, 0.1) is 11.8 Å². The predicted octanol–water partition coefficient (Wildman–Crippen LogP) is 0.883. The first-order chi connectivity index (χ1) is 12.0.